The molecule has 76 valence electrons. The summed E-state index contributed by atoms with van der Waals surface area (Å²) >= 11 is 0. The molecular weight excluding hydrogens is 172 g/mol. The van der Waals surface area contributed by atoms with Crippen molar-refractivity contribution in [1.82, 2.24) is 10.4 Å². The second-order valence-electron chi connectivity index (χ2n) is 3.17. The first-order chi connectivity index (χ1) is 5.99. The zero-order chi connectivity index (χ0) is 10.4. The largest absolute Gasteiger partial charge is 0.432 e. The van der Waals surface area contributed by atoms with Crippen LogP contribution in [-0.2, 0) is 9.63 Å². The molecule has 0 aromatic heterocycles. The van der Waals surface area contributed by atoms with Crippen LogP contribution >= 0.6 is 0 Å². The molecule has 0 aromatic rings. The van der Waals surface area contributed by atoms with Crippen LogP contribution in [0.2, 0.25) is 0 Å². The van der Waals surface area contributed by atoms with Crippen molar-refractivity contribution in [3.63, 3.8) is 0 Å². The highest BCUT2D eigenvalue weighted by atomic mass is 16.7. The molecule has 1 unspecified atom stereocenters. The molecule has 0 aliphatic rings. The number of amides is 2. The summed E-state index contributed by atoms with van der Waals surface area (Å²) in [6.07, 6.45) is -0.471. The molecule has 0 aromatic carbocycles. The van der Waals surface area contributed by atoms with Crippen molar-refractivity contribution < 1.29 is 14.4 Å². The molecule has 5 nitrogen and oxygen atoms in total. The van der Waals surface area contributed by atoms with Gasteiger partial charge < -0.3 is 4.84 Å². The summed E-state index contributed by atoms with van der Waals surface area (Å²) in [4.78, 5) is 25.4. The minimum atomic E-state index is -0.759. The van der Waals surface area contributed by atoms with E-state index >= 15 is 0 Å². The van der Waals surface area contributed by atoms with Gasteiger partial charge in [0, 0.05) is 13.1 Å². The zero-order valence-electron chi connectivity index (χ0n) is 8.40. The average Bonchev–Trinajstić information content (AvgIpc) is 2.03. The maximum Gasteiger partial charge on any atom is 0.432 e. The molecule has 2 amide bonds. The Kier molecular flexibility index (Phi) is 5.06. The van der Waals surface area contributed by atoms with E-state index in [2.05, 4.69) is 0 Å². The van der Waals surface area contributed by atoms with Crippen LogP contribution in [0.1, 0.15) is 20.8 Å². The molecule has 0 saturated carbocycles. The molecule has 0 radical (unpaired) electrons. The third kappa shape index (κ3) is 4.47. The van der Waals surface area contributed by atoms with E-state index in [0.29, 0.717) is 5.92 Å². The van der Waals surface area contributed by atoms with Crippen molar-refractivity contribution in [2.45, 2.75) is 26.8 Å². The van der Waals surface area contributed by atoms with Crippen LogP contribution in [0.25, 0.3) is 0 Å². The molecule has 0 saturated heterocycles. The molecule has 13 heavy (non-hydrogen) atoms. The topological polar surface area (TPSA) is 58.6 Å². The molecule has 1 atom stereocenters. The van der Waals surface area contributed by atoms with Gasteiger partial charge in [-0.25, -0.2) is 4.79 Å². The van der Waals surface area contributed by atoms with Crippen molar-refractivity contribution in [2.75, 3.05) is 7.05 Å². The predicted octanol–water partition coefficient (Wildman–Crippen LogP) is 0.760. The third-order valence-corrected chi connectivity index (χ3v) is 1.94. The molecule has 0 aliphatic carbocycles. The number of rotatable bonds is 4. The fourth-order valence-electron chi connectivity index (χ4n) is 0.708. The fraction of sp³-hybridized carbons (Fsp3) is 0.750. The van der Waals surface area contributed by atoms with Gasteiger partial charge in [0.05, 0.1) is 0 Å². The van der Waals surface area contributed by atoms with Crippen LogP contribution in [0.4, 0.5) is 4.79 Å². The summed E-state index contributed by atoms with van der Waals surface area (Å²) in [6.45, 7) is 5.96. The smallest absolute Gasteiger partial charge is 0.351 e. The van der Waals surface area contributed by atoms with Gasteiger partial charge in [0.15, 0.2) is 0 Å². The summed E-state index contributed by atoms with van der Waals surface area (Å²) in [6, 6.07) is 0.109. The van der Waals surface area contributed by atoms with E-state index in [0.717, 1.165) is 0 Å². The van der Waals surface area contributed by atoms with E-state index in [1.165, 1.54) is 5.06 Å². The molecule has 0 heterocycles. The lowest BCUT2D eigenvalue weighted by molar-refractivity contribution is -0.122. The number of hydrogen-bond acceptors (Lipinski definition) is 4. The van der Waals surface area contributed by atoms with Crippen LogP contribution in [0, 0.1) is 5.92 Å². The quantitative estimate of drug-likeness (QED) is 0.522. The Morgan fingerprint density at radius 3 is 2.38 bits per heavy atom. The van der Waals surface area contributed by atoms with Crippen LogP contribution < -0.4 is 5.32 Å². The average molecular weight is 188 g/mol. The Morgan fingerprint density at radius 1 is 1.46 bits per heavy atom. The van der Waals surface area contributed by atoms with Gasteiger partial charge in [0.2, 0.25) is 6.41 Å². The second kappa shape index (κ2) is 5.53. The molecule has 0 bridgehead atoms. The first-order valence-electron chi connectivity index (χ1n) is 4.14. The molecular formula is C8H16N2O3. The number of hydroxylamine groups is 2. The Balaban J connectivity index is 3.91. The lowest BCUT2D eigenvalue weighted by atomic mass is 10.1. The highest BCUT2D eigenvalue weighted by molar-refractivity contribution is 5.79. The van der Waals surface area contributed by atoms with Gasteiger partial charge in [0.1, 0.15) is 0 Å². The zero-order valence-corrected chi connectivity index (χ0v) is 8.40. The van der Waals surface area contributed by atoms with E-state index in [1.807, 2.05) is 26.1 Å². The Hall–Kier alpha value is -1.10. The van der Waals surface area contributed by atoms with Gasteiger partial charge in [-0.15, -0.1) is 5.06 Å². The van der Waals surface area contributed by atoms with Crippen LogP contribution in [0.15, 0.2) is 0 Å². The minimum absolute atomic E-state index is 0.109. The van der Waals surface area contributed by atoms with Crippen LogP contribution in [-0.4, -0.2) is 30.7 Å². The predicted molar refractivity (Wildman–Crippen MR) is 47.7 cm³/mol. The van der Waals surface area contributed by atoms with Gasteiger partial charge in [-0.2, -0.15) is 0 Å². The van der Waals surface area contributed by atoms with Gasteiger partial charge in [-0.05, 0) is 12.8 Å². The number of nitrogens with one attached hydrogen (secondary N) is 1. The Labute approximate surface area is 78.0 Å². The first-order valence-corrected chi connectivity index (χ1v) is 4.14. The molecule has 0 aliphatic heterocycles. The number of carbonyl (C=O) groups is 2. The number of carbonyl (C=O) groups excluding carboxylic acids is 2. The second-order valence-corrected chi connectivity index (χ2v) is 3.17. The van der Waals surface area contributed by atoms with Gasteiger partial charge in [-0.1, -0.05) is 13.8 Å². The number of imide groups is 1. The van der Waals surface area contributed by atoms with Crippen molar-refractivity contribution in [1.29, 1.82) is 0 Å². The lowest BCUT2D eigenvalue weighted by Gasteiger charge is -2.25. The summed E-state index contributed by atoms with van der Waals surface area (Å²) < 4.78 is 0. The molecule has 1 N–H and O–H groups in total. The third-order valence-electron chi connectivity index (χ3n) is 1.94. The summed E-state index contributed by atoms with van der Waals surface area (Å²) in [5.74, 6) is 0.369. The van der Waals surface area contributed by atoms with E-state index in [9.17, 15) is 9.59 Å². The van der Waals surface area contributed by atoms with Gasteiger partial charge in [0.25, 0.3) is 0 Å². The maximum absolute atomic E-state index is 10.8. The van der Waals surface area contributed by atoms with Crippen LogP contribution in [0.5, 0.6) is 0 Å². The standard InChI is InChI=1S/C8H16N2O3/c1-6(2)7(3)10(4)13-8(12)9-5-11/h5-7H,1-4H3,(H,9,11,12). The maximum atomic E-state index is 10.8. The van der Waals surface area contributed by atoms with Crippen molar-refractivity contribution in [2.24, 2.45) is 5.92 Å². The van der Waals surface area contributed by atoms with E-state index in [4.69, 9.17) is 4.84 Å². The van der Waals surface area contributed by atoms with Crippen LogP contribution in [0.3, 0.4) is 0 Å². The van der Waals surface area contributed by atoms with E-state index in [-0.39, 0.29) is 12.5 Å². The minimum Gasteiger partial charge on any atom is -0.351 e. The Morgan fingerprint density at radius 2 is 2.00 bits per heavy atom. The SMILES string of the molecule is CC(C)C(C)N(C)OC(=O)NC=O. The van der Waals surface area contributed by atoms with E-state index < -0.39 is 6.09 Å². The monoisotopic (exact) mass is 188 g/mol. The fourth-order valence-corrected chi connectivity index (χ4v) is 0.708. The van der Waals surface area contributed by atoms with Crippen molar-refractivity contribution in [3.05, 3.63) is 0 Å². The first kappa shape index (κ1) is 11.9. The normalized spacial score (nSPS) is 12.8. The number of nitrogens with zero attached hydrogens (tertiary/aromatic N) is 1. The molecule has 0 spiro atoms. The van der Waals surface area contributed by atoms with Gasteiger partial charge in [-0.3, -0.25) is 10.1 Å². The molecule has 0 fully saturated rings. The van der Waals surface area contributed by atoms with Crippen molar-refractivity contribution in [3.8, 4) is 0 Å². The highest BCUT2D eigenvalue weighted by Crippen LogP contribution is 2.07. The summed E-state index contributed by atoms with van der Waals surface area (Å²) in [5, 5.41) is 3.31. The highest BCUT2D eigenvalue weighted by Gasteiger charge is 2.16. The lowest BCUT2D eigenvalue weighted by Crippen LogP contribution is -2.38. The summed E-state index contributed by atoms with van der Waals surface area (Å²) in [7, 11) is 1.65. The van der Waals surface area contributed by atoms with Gasteiger partial charge >= 0.3 is 6.09 Å². The Bertz CT molecular complexity index is 182. The van der Waals surface area contributed by atoms with E-state index in [1.54, 1.807) is 7.05 Å². The number of hydrogen-bond donors (Lipinski definition) is 1. The molecule has 5 heteroatoms. The molecule has 0 rings (SSSR count). The van der Waals surface area contributed by atoms with Crippen molar-refractivity contribution >= 4 is 12.5 Å². The summed E-state index contributed by atoms with van der Waals surface area (Å²) in [5.41, 5.74) is 0.